The Morgan fingerprint density at radius 2 is 1.47 bits per heavy atom. The largest absolute Gasteiger partial charge is 0.349 e. The van der Waals surface area contributed by atoms with E-state index in [1.807, 2.05) is 48.5 Å². The Morgan fingerprint density at radius 1 is 0.875 bits per heavy atom. The third-order valence-electron chi connectivity index (χ3n) is 6.05. The fourth-order valence-electron chi connectivity index (χ4n) is 4.20. The third-order valence-corrected chi connectivity index (χ3v) is 6.05. The van der Waals surface area contributed by atoms with E-state index in [2.05, 4.69) is 17.4 Å². The Kier molecular flexibility index (Phi) is 6.95. The van der Waals surface area contributed by atoms with Crippen LogP contribution in [0.2, 0.25) is 0 Å². The van der Waals surface area contributed by atoms with Gasteiger partial charge in [0.2, 0.25) is 5.91 Å². The quantitative estimate of drug-likeness (QED) is 0.612. The van der Waals surface area contributed by atoms with Crippen molar-refractivity contribution in [2.24, 2.45) is 5.92 Å². The molecule has 5 heteroatoms. The van der Waals surface area contributed by atoms with Crippen molar-refractivity contribution in [1.29, 1.82) is 0 Å². The molecule has 0 aliphatic carbocycles. The number of rotatable bonds is 6. The van der Waals surface area contributed by atoms with Gasteiger partial charge in [0.1, 0.15) is 5.82 Å². The second-order valence-corrected chi connectivity index (χ2v) is 8.23. The average Bonchev–Trinajstić information content (AvgIpc) is 2.85. The number of amides is 2. The summed E-state index contributed by atoms with van der Waals surface area (Å²) in [5.41, 5.74) is 2.72. The summed E-state index contributed by atoms with van der Waals surface area (Å²) in [6, 6.07) is 25.7. The van der Waals surface area contributed by atoms with Crippen molar-refractivity contribution in [2.75, 3.05) is 13.1 Å². The summed E-state index contributed by atoms with van der Waals surface area (Å²) in [6.07, 6.45) is 1.95. The van der Waals surface area contributed by atoms with Gasteiger partial charge < -0.3 is 10.2 Å². The van der Waals surface area contributed by atoms with Gasteiger partial charge in [0.05, 0.1) is 6.04 Å². The number of nitrogens with zero attached hydrogens (tertiary/aromatic N) is 1. The molecule has 0 radical (unpaired) electrons. The van der Waals surface area contributed by atoms with Gasteiger partial charge in [-0.2, -0.15) is 0 Å². The second kappa shape index (κ2) is 10.2. The molecule has 1 unspecified atom stereocenters. The van der Waals surface area contributed by atoms with E-state index < -0.39 is 0 Å². The molecule has 0 aromatic heterocycles. The van der Waals surface area contributed by atoms with Crippen LogP contribution in [-0.2, 0) is 11.2 Å². The zero-order valence-corrected chi connectivity index (χ0v) is 17.9. The van der Waals surface area contributed by atoms with Crippen molar-refractivity contribution in [3.05, 3.63) is 107 Å². The summed E-state index contributed by atoms with van der Waals surface area (Å²) >= 11 is 0. The van der Waals surface area contributed by atoms with Gasteiger partial charge in [-0.15, -0.1) is 0 Å². The van der Waals surface area contributed by atoms with Gasteiger partial charge in [-0.1, -0.05) is 60.7 Å². The van der Waals surface area contributed by atoms with Crippen molar-refractivity contribution in [3.63, 3.8) is 0 Å². The van der Waals surface area contributed by atoms with E-state index in [-0.39, 0.29) is 29.6 Å². The molecule has 3 aromatic carbocycles. The first-order chi connectivity index (χ1) is 15.6. The molecular formula is C27H27FN2O2. The minimum absolute atomic E-state index is 0.0312. The van der Waals surface area contributed by atoms with Crippen LogP contribution < -0.4 is 5.32 Å². The molecule has 1 atom stereocenters. The fourth-order valence-corrected chi connectivity index (χ4v) is 4.20. The highest BCUT2D eigenvalue weighted by molar-refractivity contribution is 5.94. The van der Waals surface area contributed by atoms with E-state index in [1.165, 1.54) is 29.8 Å². The monoisotopic (exact) mass is 430 g/mol. The first-order valence-electron chi connectivity index (χ1n) is 11.0. The number of hydrogen-bond donors (Lipinski definition) is 1. The maximum absolute atomic E-state index is 13.1. The topological polar surface area (TPSA) is 49.4 Å². The van der Waals surface area contributed by atoms with E-state index >= 15 is 0 Å². The molecule has 4 rings (SSSR count). The number of carbonyl (C=O) groups excluding carboxylic acids is 2. The number of carbonyl (C=O) groups is 2. The molecule has 0 spiro atoms. The normalized spacial score (nSPS) is 15.2. The minimum atomic E-state index is -0.361. The zero-order chi connectivity index (χ0) is 22.3. The van der Waals surface area contributed by atoms with Crippen LogP contribution >= 0.6 is 0 Å². The SMILES string of the molecule is O=C(NC(Cc1ccccc1)c1ccccc1)C1CCN(C(=O)c2ccc(F)cc2)CC1. The molecule has 1 N–H and O–H groups in total. The van der Waals surface area contributed by atoms with Gasteiger partial charge in [0, 0.05) is 24.6 Å². The molecule has 1 aliphatic rings. The van der Waals surface area contributed by atoms with Gasteiger partial charge in [-0.3, -0.25) is 9.59 Å². The Balaban J connectivity index is 1.38. The van der Waals surface area contributed by atoms with E-state index in [4.69, 9.17) is 0 Å². The molecule has 32 heavy (non-hydrogen) atoms. The molecule has 2 amide bonds. The highest BCUT2D eigenvalue weighted by Crippen LogP contribution is 2.23. The first-order valence-corrected chi connectivity index (χ1v) is 11.0. The van der Waals surface area contributed by atoms with Crippen LogP contribution in [0.5, 0.6) is 0 Å². The van der Waals surface area contributed by atoms with Crippen molar-refractivity contribution in [1.82, 2.24) is 10.2 Å². The van der Waals surface area contributed by atoms with Crippen molar-refractivity contribution < 1.29 is 14.0 Å². The predicted octanol–water partition coefficient (Wildman–Crippen LogP) is 4.78. The lowest BCUT2D eigenvalue weighted by atomic mass is 9.93. The van der Waals surface area contributed by atoms with Crippen LogP contribution in [0.15, 0.2) is 84.9 Å². The summed E-state index contributed by atoms with van der Waals surface area (Å²) < 4.78 is 13.1. The fraction of sp³-hybridized carbons (Fsp3) is 0.259. The number of halogens is 1. The third kappa shape index (κ3) is 5.41. The van der Waals surface area contributed by atoms with Crippen molar-refractivity contribution in [2.45, 2.75) is 25.3 Å². The van der Waals surface area contributed by atoms with E-state index in [0.29, 0.717) is 31.5 Å². The highest BCUT2D eigenvalue weighted by atomic mass is 19.1. The van der Waals surface area contributed by atoms with Crippen molar-refractivity contribution >= 4 is 11.8 Å². The number of piperidine rings is 1. The number of likely N-dealkylation sites (tertiary alicyclic amines) is 1. The molecule has 4 nitrogen and oxygen atoms in total. The van der Waals surface area contributed by atoms with E-state index in [0.717, 1.165) is 12.0 Å². The molecule has 1 fully saturated rings. The van der Waals surface area contributed by atoms with Crippen LogP contribution in [0.4, 0.5) is 4.39 Å². The Bertz CT molecular complexity index is 1030. The lowest BCUT2D eigenvalue weighted by Crippen LogP contribution is -2.44. The maximum Gasteiger partial charge on any atom is 0.253 e. The zero-order valence-electron chi connectivity index (χ0n) is 17.9. The highest BCUT2D eigenvalue weighted by Gasteiger charge is 2.29. The smallest absolute Gasteiger partial charge is 0.253 e. The Morgan fingerprint density at radius 3 is 2.09 bits per heavy atom. The molecule has 164 valence electrons. The summed E-state index contributed by atoms with van der Waals surface area (Å²) in [7, 11) is 0. The van der Waals surface area contributed by atoms with Gasteiger partial charge in [0.25, 0.3) is 5.91 Å². The lowest BCUT2D eigenvalue weighted by molar-refractivity contribution is -0.127. The summed E-state index contributed by atoms with van der Waals surface area (Å²) in [5, 5.41) is 3.25. The lowest BCUT2D eigenvalue weighted by Gasteiger charge is -2.32. The summed E-state index contributed by atoms with van der Waals surface area (Å²) in [5.74, 6) is -0.576. The summed E-state index contributed by atoms with van der Waals surface area (Å²) in [6.45, 7) is 1.03. The van der Waals surface area contributed by atoms with Crippen LogP contribution in [-0.4, -0.2) is 29.8 Å². The minimum Gasteiger partial charge on any atom is -0.349 e. The number of nitrogens with one attached hydrogen (secondary N) is 1. The van der Waals surface area contributed by atoms with Crippen molar-refractivity contribution in [3.8, 4) is 0 Å². The van der Waals surface area contributed by atoms with E-state index in [9.17, 15) is 14.0 Å². The standard InChI is InChI=1S/C27H27FN2O2/c28-24-13-11-23(12-14-24)27(32)30-17-15-22(16-18-30)26(31)29-25(21-9-5-2-6-10-21)19-20-7-3-1-4-8-20/h1-14,22,25H,15-19H2,(H,29,31). The maximum atomic E-state index is 13.1. The van der Waals surface area contributed by atoms with Crippen LogP contribution in [0, 0.1) is 11.7 Å². The average molecular weight is 431 g/mol. The first kappa shape index (κ1) is 21.8. The van der Waals surface area contributed by atoms with Crippen LogP contribution in [0.1, 0.15) is 40.4 Å². The van der Waals surface area contributed by atoms with Gasteiger partial charge in [-0.25, -0.2) is 4.39 Å². The number of hydrogen-bond acceptors (Lipinski definition) is 2. The van der Waals surface area contributed by atoms with Gasteiger partial charge in [-0.05, 0) is 54.7 Å². The number of benzene rings is 3. The molecule has 1 heterocycles. The molecule has 0 bridgehead atoms. The van der Waals surface area contributed by atoms with Gasteiger partial charge >= 0.3 is 0 Å². The van der Waals surface area contributed by atoms with Crippen LogP contribution in [0.25, 0.3) is 0 Å². The van der Waals surface area contributed by atoms with Gasteiger partial charge in [0.15, 0.2) is 0 Å². The summed E-state index contributed by atoms with van der Waals surface area (Å²) in [4.78, 5) is 27.5. The molecular weight excluding hydrogens is 403 g/mol. The Hall–Kier alpha value is -3.47. The van der Waals surface area contributed by atoms with Crippen LogP contribution in [0.3, 0.4) is 0 Å². The molecule has 0 saturated carbocycles. The Labute approximate surface area is 188 Å². The molecule has 1 aliphatic heterocycles. The predicted molar refractivity (Wildman–Crippen MR) is 122 cm³/mol. The molecule has 1 saturated heterocycles. The molecule has 3 aromatic rings. The van der Waals surface area contributed by atoms with E-state index in [1.54, 1.807) is 4.90 Å². The second-order valence-electron chi connectivity index (χ2n) is 8.23.